The van der Waals surface area contributed by atoms with Gasteiger partial charge in [0.25, 0.3) is 0 Å². The van der Waals surface area contributed by atoms with Crippen molar-refractivity contribution in [1.82, 2.24) is 9.03 Å². The largest absolute Gasteiger partial charge is 0.452 e. The summed E-state index contributed by atoms with van der Waals surface area (Å²) in [4.78, 5) is 10.8. The van der Waals surface area contributed by atoms with Gasteiger partial charge in [0.2, 0.25) is 0 Å². The van der Waals surface area contributed by atoms with E-state index in [0.717, 1.165) is 11.4 Å². The first-order valence-corrected chi connectivity index (χ1v) is 5.92. The maximum atomic E-state index is 11.6. The Kier molecular flexibility index (Phi) is 3.53. The number of ether oxygens (including phenoxy) is 1. The Labute approximate surface area is 88.7 Å². The number of nitrogens with zero attached hydrogens (tertiary/aromatic N) is 1. The Morgan fingerprint density at radius 1 is 1.53 bits per heavy atom. The second-order valence-electron chi connectivity index (χ2n) is 3.56. The summed E-state index contributed by atoms with van der Waals surface area (Å²) < 4.78 is 30.2. The van der Waals surface area contributed by atoms with E-state index < -0.39 is 16.3 Å². The van der Waals surface area contributed by atoms with Crippen LogP contribution in [0.5, 0.6) is 0 Å². The van der Waals surface area contributed by atoms with E-state index in [-0.39, 0.29) is 18.5 Å². The molecule has 3 N–H and O–H groups in total. The fourth-order valence-electron chi connectivity index (χ4n) is 1.35. The average Bonchev–Trinajstić information content (AvgIpc) is 2.47. The van der Waals surface area contributed by atoms with Crippen molar-refractivity contribution < 1.29 is 17.9 Å². The van der Waals surface area contributed by atoms with Crippen LogP contribution in [0.25, 0.3) is 0 Å². The lowest BCUT2D eigenvalue weighted by atomic mass is 10.1. The number of nitrogens with one attached hydrogen (secondary N) is 1. The van der Waals surface area contributed by atoms with Gasteiger partial charge >= 0.3 is 16.3 Å². The third-order valence-electron chi connectivity index (χ3n) is 2.37. The van der Waals surface area contributed by atoms with Gasteiger partial charge in [0.1, 0.15) is 0 Å². The highest BCUT2D eigenvalue weighted by Crippen LogP contribution is 2.16. The lowest BCUT2D eigenvalue weighted by molar-refractivity contribution is 0.177. The zero-order valence-corrected chi connectivity index (χ0v) is 9.45. The molecular formula is C7H15N3O4S. The Bertz CT molecular complexity index is 332. The van der Waals surface area contributed by atoms with Crippen LogP contribution in [-0.4, -0.2) is 45.1 Å². The molecule has 0 saturated carbocycles. The molecule has 0 aromatic carbocycles. The smallest absolute Gasteiger partial charge is 0.421 e. The fourth-order valence-corrected chi connectivity index (χ4v) is 2.58. The van der Waals surface area contributed by atoms with Gasteiger partial charge in [0.05, 0.1) is 7.11 Å². The molecule has 1 amide bonds. The molecule has 0 bridgehead atoms. The molecule has 1 aliphatic rings. The van der Waals surface area contributed by atoms with Crippen LogP contribution >= 0.6 is 0 Å². The molecule has 1 rings (SSSR count). The van der Waals surface area contributed by atoms with Crippen molar-refractivity contribution >= 4 is 16.3 Å². The molecule has 1 fully saturated rings. The number of hydrogen-bond acceptors (Lipinski definition) is 5. The zero-order valence-electron chi connectivity index (χ0n) is 8.63. The van der Waals surface area contributed by atoms with Gasteiger partial charge in [-0.1, -0.05) is 6.92 Å². The minimum Gasteiger partial charge on any atom is -0.452 e. The molecule has 8 heteroatoms. The highest BCUT2D eigenvalue weighted by molar-refractivity contribution is 7.87. The van der Waals surface area contributed by atoms with Crippen LogP contribution in [0.1, 0.15) is 6.92 Å². The number of rotatable bonds is 2. The molecule has 2 atom stereocenters. The number of hydrogen-bond donors (Lipinski definition) is 2. The van der Waals surface area contributed by atoms with E-state index in [2.05, 4.69) is 4.74 Å². The summed E-state index contributed by atoms with van der Waals surface area (Å²) in [6, 6.07) is -0.195. The summed E-state index contributed by atoms with van der Waals surface area (Å²) in [6.45, 7) is 2.39. The number of carbonyl (C=O) groups excluding carboxylic acids is 1. The third kappa shape index (κ3) is 2.80. The SMILES string of the molecule is COC(=O)NS(=O)(=O)N1CC(C)C(N)C1. The molecular weight excluding hydrogens is 222 g/mol. The number of nitrogens with two attached hydrogens (primary N) is 1. The summed E-state index contributed by atoms with van der Waals surface area (Å²) >= 11 is 0. The summed E-state index contributed by atoms with van der Waals surface area (Å²) in [6.07, 6.45) is -0.997. The molecule has 0 aliphatic carbocycles. The molecule has 1 aliphatic heterocycles. The van der Waals surface area contributed by atoms with Crippen molar-refractivity contribution in [3.8, 4) is 0 Å². The van der Waals surface area contributed by atoms with E-state index in [1.807, 2.05) is 6.92 Å². The predicted molar refractivity (Wildman–Crippen MR) is 53.2 cm³/mol. The molecule has 2 unspecified atom stereocenters. The van der Waals surface area contributed by atoms with Gasteiger partial charge in [0, 0.05) is 19.1 Å². The van der Waals surface area contributed by atoms with Gasteiger partial charge in [-0.15, -0.1) is 0 Å². The highest BCUT2D eigenvalue weighted by Gasteiger charge is 2.35. The van der Waals surface area contributed by atoms with Gasteiger partial charge in [0.15, 0.2) is 0 Å². The Hall–Kier alpha value is -0.860. The van der Waals surface area contributed by atoms with Gasteiger partial charge in [-0.25, -0.2) is 9.52 Å². The minimum absolute atomic E-state index is 0.0826. The predicted octanol–water partition coefficient (Wildman–Crippen LogP) is -1.13. The first-order chi connectivity index (χ1) is 6.86. The van der Waals surface area contributed by atoms with Crippen LogP contribution in [0, 0.1) is 5.92 Å². The summed E-state index contributed by atoms with van der Waals surface area (Å²) in [7, 11) is -2.71. The van der Waals surface area contributed by atoms with Gasteiger partial charge < -0.3 is 10.5 Å². The van der Waals surface area contributed by atoms with Crippen LogP contribution < -0.4 is 10.5 Å². The number of methoxy groups -OCH3 is 1. The van der Waals surface area contributed by atoms with Gasteiger partial charge in [-0.2, -0.15) is 12.7 Å². The maximum absolute atomic E-state index is 11.6. The van der Waals surface area contributed by atoms with Crippen molar-refractivity contribution in [3.05, 3.63) is 0 Å². The molecule has 7 nitrogen and oxygen atoms in total. The van der Waals surface area contributed by atoms with Crippen molar-refractivity contribution in [2.75, 3.05) is 20.2 Å². The molecule has 1 heterocycles. The van der Waals surface area contributed by atoms with Crippen LogP contribution in [0.3, 0.4) is 0 Å². The quantitative estimate of drug-likeness (QED) is 0.632. The van der Waals surface area contributed by atoms with E-state index in [4.69, 9.17) is 5.73 Å². The third-order valence-corrected chi connectivity index (χ3v) is 3.78. The van der Waals surface area contributed by atoms with Crippen LogP contribution in [-0.2, 0) is 14.9 Å². The van der Waals surface area contributed by atoms with Crippen molar-refractivity contribution in [1.29, 1.82) is 0 Å². The summed E-state index contributed by atoms with van der Waals surface area (Å²) in [5.74, 6) is 0.0826. The standard InChI is InChI=1S/C7H15N3O4S/c1-5-3-10(4-6(5)8)15(12,13)9-7(11)14-2/h5-6H,3-4,8H2,1-2H3,(H,9,11). The first kappa shape index (κ1) is 12.2. The first-order valence-electron chi connectivity index (χ1n) is 4.48. The van der Waals surface area contributed by atoms with Crippen LogP contribution in [0.15, 0.2) is 0 Å². The Morgan fingerprint density at radius 2 is 2.13 bits per heavy atom. The normalized spacial score (nSPS) is 27.7. The van der Waals surface area contributed by atoms with Crippen molar-refractivity contribution in [2.45, 2.75) is 13.0 Å². The second-order valence-corrected chi connectivity index (χ2v) is 5.23. The molecule has 88 valence electrons. The summed E-state index contributed by atoms with van der Waals surface area (Å²) in [5.41, 5.74) is 5.68. The number of carbonyl (C=O) groups is 1. The lowest BCUT2D eigenvalue weighted by Crippen LogP contribution is -2.43. The monoisotopic (exact) mass is 237 g/mol. The van der Waals surface area contributed by atoms with E-state index in [0.29, 0.717) is 6.54 Å². The fraction of sp³-hybridized carbons (Fsp3) is 0.857. The highest BCUT2D eigenvalue weighted by atomic mass is 32.2. The minimum atomic E-state index is -3.81. The van der Waals surface area contributed by atoms with Crippen LogP contribution in [0.2, 0.25) is 0 Å². The molecule has 0 aromatic rings. The Balaban J connectivity index is 2.68. The van der Waals surface area contributed by atoms with Crippen molar-refractivity contribution in [2.24, 2.45) is 11.7 Å². The van der Waals surface area contributed by atoms with Crippen molar-refractivity contribution in [3.63, 3.8) is 0 Å². The topological polar surface area (TPSA) is 102 Å². The van der Waals surface area contributed by atoms with E-state index in [1.165, 1.54) is 0 Å². The molecule has 15 heavy (non-hydrogen) atoms. The Morgan fingerprint density at radius 3 is 2.53 bits per heavy atom. The van der Waals surface area contributed by atoms with E-state index >= 15 is 0 Å². The van der Waals surface area contributed by atoms with Gasteiger partial charge in [-0.3, -0.25) is 0 Å². The van der Waals surface area contributed by atoms with Crippen LogP contribution in [0.4, 0.5) is 4.79 Å². The van der Waals surface area contributed by atoms with Gasteiger partial charge in [-0.05, 0) is 5.92 Å². The van der Waals surface area contributed by atoms with E-state index in [1.54, 1.807) is 4.72 Å². The molecule has 0 radical (unpaired) electrons. The molecule has 1 saturated heterocycles. The second kappa shape index (κ2) is 4.33. The molecule has 0 spiro atoms. The molecule has 0 aromatic heterocycles. The lowest BCUT2D eigenvalue weighted by Gasteiger charge is -2.15. The zero-order chi connectivity index (χ0) is 11.6. The van der Waals surface area contributed by atoms with E-state index in [9.17, 15) is 13.2 Å². The summed E-state index contributed by atoms with van der Waals surface area (Å²) in [5, 5.41) is 0. The maximum Gasteiger partial charge on any atom is 0.421 e. The average molecular weight is 237 g/mol. The number of amides is 1.